The molecule has 2 rings (SSSR count). The van der Waals surface area contributed by atoms with Crippen LogP contribution in [0, 0.1) is 17.8 Å². The molecule has 2 aliphatic rings. The van der Waals surface area contributed by atoms with Gasteiger partial charge in [-0.2, -0.15) is 0 Å². The van der Waals surface area contributed by atoms with Crippen LogP contribution in [-0.2, 0) is 10.0 Å². The molecule has 0 spiro atoms. The zero-order chi connectivity index (χ0) is 14.6. The fourth-order valence-electron chi connectivity index (χ4n) is 3.49. The molecule has 1 unspecified atom stereocenters. The normalized spacial score (nSPS) is 27.6. The van der Waals surface area contributed by atoms with Crippen LogP contribution in [-0.4, -0.2) is 44.7 Å². The Morgan fingerprint density at radius 1 is 1.10 bits per heavy atom. The Morgan fingerprint density at radius 2 is 1.80 bits per heavy atom. The lowest BCUT2D eigenvalue weighted by Crippen LogP contribution is -2.39. The molecule has 0 aromatic rings. The summed E-state index contributed by atoms with van der Waals surface area (Å²) in [5, 5.41) is 3.30. The van der Waals surface area contributed by atoms with E-state index >= 15 is 0 Å². The topological polar surface area (TPSA) is 49.4 Å². The Kier molecular flexibility index (Phi) is 5.87. The molecule has 4 nitrogen and oxygen atoms in total. The molecule has 20 heavy (non-hydrogen) atoms. The number of nitrogens with zero attached hydrogens (tertiary/aromatic N) is 1. The van der Waals surface area contributed by atoms with Gasteiger partial charge in [0.1, 0.15) is 0 Å². The van der Waals surface area contributed by atoms with E-state index in [4.69, 9.17) is 0 Å². The average Bonchev–Trinajstić information content (AvgIpc) is 2.65. The van der Waals surface area contributed by atoms with Crippen LogP contribution in [0.2, 0.25) is 0 Å². The van der Waals surface area contributed by atoms with E-state index in [-0.39, 0.29) is 0 Å². The van der Waals surface area contributed by atoms with Gasteiger partial charge in [0.2, 0.25) is 10.0 Å². The first-order valence-corrected chi connectivity index (χ1v) is 9.78. The van der Waals surface area contributed by atoms with Crippen molar-refractivity contribution in [3.8, 4) is 0 Å². The number of sulfonamides is 1. The van der Waals surface area contributed by atoms with E-state index in [9.17, 15) is 8.42 Å². The van der Waals surface area contributed by atoms with Gasteiger partial charge in [-0.05, 0) is 62.9 Å². The summed E-state index contributed by atoms with van der Waals surface area (Å²) < 4.78 is 27.0. The van der Waals surface area contributed by atoms with Crippen LogP contribution in [0.5, 0.6) is 0 Å². The largest absolute Gasteiger partial charge is 0.317 e. The van der Waals surface area contributed by atoms with Crippen LogP contribution < -0.4 is 5.32 Å². The molecule has 2 heterocycles. The van der Waals surface area contributed by atoms with Crippen LogP contribution in [0.15, 0.2) is 0 Å². The van der Waals surface area contributed by atoms with Crippen molar-refractivity contribution < 1.29 is 8.42 Å². The maximum atomic E-state index is 12.6. The molecule has 2 aliphatic heterocycles. The molecule has 2 saturated heterocycles. The summed E-state index contributed by atoms with van der Waals surface area (Å²) in [6.45, 7) is 7.91. The lowest BCUT2D eigenvalue weighted by atomic mass is 9.89. The molecule has 0 bridgehead atoms. The molecular weight excluding hydrogens is 272 g/mol. The van der Waals surface area contributed by atoms with E-state index < -0.39 is 10.0 Å². The smallest absolute Gasteiger partial charge is 0.214 e. The van der Waals surface area contributed by atoms with E-state index in [1.165, 1.54) is 6.42 Å². The van der Waals surface area contributed by atoms with Crippen molar-refractivity contribution in [3.05, 3.63) is 0 Å². The van der Waals surface area contributed by atoms with Gasteiger partial charge in [-0.15, -0.1) is 0 Å². The molecule has 0 amide bonds. The first-order valence-electron chi connectivity index (χ1n) is 8.17. The minimum Gasteiger partial charge on any atom is -0.317 e. The van der Waals surface area contributed by atoms with Crippen LogP contribution in [0.3, 0.4) is 0 Å². The van der Waals surface area contributed by atoms with Gasteiger partial charge in [0.05, 0.1) is 5.75 Å². The second-order valence-corrected chi connectivity index (χ2v) is 8.82. The summed E-state index contributed by atoms with van der Waals surface area (Å²) in [7, 11) is -3.05. The highest BCUT2D eigenvalue weighted by Crippen LogP contribution is 2.26. The first kappa shape index (κ1) is 16.2. The molecule has 0 aromatic carbocycles. The van der Waals surface area contributed by atoms with Crippen LogP contribution in [0.4, 0.5) is 0 Å². The predicted octanol–water partition coefficient (Wildman–Crippen LogP) is 2.07. The third-order valence-electron chi connectivity index (χ3n) is 4.97. The van der Waals surface area contributed by atoms with Gasteiger partial charge in [-0.1, -0.05) is 13.8 Å². The summed E-state index contributed by atoms with van der Waals surface area (Å²) in [4.78, 5) is 0. The minimum absolute atomic E-state index is 0.352. The van der Waals surface area contributed by atoms with Crippen LogP contribution >= 0.6 is 0 Å². The summed E-state index contributed by atoms with van der Waals surface area (Å²) in [6, 6.07) is 0. The Hall–Kier alpha value is -0.130. The van der Waals surface area contributed by atoms with Crippen molar-refractivity contribution in [1.82, 2.24) is 9.62 Å². The number of hydrogen-bond acceptors (Lipinski definition) is 3. The molecule has 2 fully saturated rings. The van der Waals surface area contributed by atoms with Gasteiger partial charge in [0.15, 0.2) is 0 Å². The van der Waals surface area contributed by atoms with E-state index in [2.05, 4.69) is 19.2 Å². The summed E-state index contributed by atoms with van der Waals surface area (Å²) in [5.41, 5.74) is 0. The van der Waals surface area contributed by atoms with Crippen molar-refractivity contribution in [2.24, 2.45) is 17.8 Å². The summed E-state index contributed by atoms with van der Waals surface area (Å²) in [5.74, 6) is 2.07. The van der Waals surface area contributed by atoms with Gasteiger partial charge in [-0.3, -0.25) is 0 Å². The van der Waals surface area contributed by atoms with Gasteiger partial charge in [-0.25, -0.2) is 12.7 Å². The Balaban J connectivity index is 1.91. The third kappa shape index (κ3) is 4.43. The zero-order valence-electron chi connectivity index (χ0n) is 13.0. The maximum Gasteiger partial charge on any atom is 0.214 e. The van der Waals surface area contributed by atoms with Crippen LogP contribution in [0.1, 0.15) is 46.0 Å². The standard InChI is InChI=1S/C15H30N2O2S/c1-13(2)15-4-3-10-17(11-7-15)20(18,19)12-14-5-8-16-9-6-14/h13-16H,3-12H2,1-2H3. The lowest BCUT2D eigenvalue weighted by Gasteiger charge is -2.26. The molecule has 0 aliphatic carbocycles. The number of piperidine rings is 1. The van der Waals surface area contributed by atoms with Gasteiger partial charge in [0.25, 0.3) is 0 Å². The van der Waals surface area contributed by atoms with Crippen molar-refractivity contribution in [1.29, 1.82) is 0 Å². The third-order valence-corrected chi connectivity index (χ3v) is 7.02. The number of rotatable bonds is 4. The Bertz CT molecular complexity index is 389. The molecule has 0 radical (unpaired) electrons. The van der Waals surface area contributed by atoms with Crippen molar-refractivity contribution in [3.63, 3.8) is 0 Å². The summed E-state index contributed by atoms with van der Waals surface area (Å²) >= 11 is 0. The number of hydrogen-bond donors (Lipinski definition) is 1. The first-order chi connectivity index (χ1) is 9.49. The quantitative estimate of drug-likeness (QED) is 0.865. The molecule has 5 heteroatoms. The van der Waals surface area contributed by atoms with Gasteiger partial charge < -0.3 is 5.32 Å². The van der Waals surface area contributed by atoms with E-state index in [0.717, 1.165) is 51.9 Å². The van der Waals surface area contributed by atoms with Crippen molar-refractivity contribution in [2.75, 3.05) is 31.9 Å². The van der Waals surface area contributed by atoms with E-state index in [1.54, 1.807) is 4.31 Å². The second kappa shape index (κ2) is 7.23. The second-order valence-electron chi connectivity index (χ2n) is 6.81. The lowest BCUT2D eigenvalue weighted by molar-refractivity contribution is 0.338. The van der Waals surface area contributed by atoms with Gasteiger partial charge >= 0.3 is 0 Å². The molecule has 1 atom stereocenters. The Morgan fingerprint density at radius 3 is 2.45 bits per heavy atom. The van der Waals surface area contributed by atoms with Gasteiger partial charge in [0, 0.05) is 13.1 Å². The highest BCUT2D eigenvalue weighted by molar-refractivity contribution is 7.89. The fraction of sp³-hybridized carbons (Fsp3) is 1.00. The fourth-order valence-corrected chi connectivity index (χ4v) is 5.42. The van der Waals surface area contributed by atoms with Crippen molar-refractivity contribution >= 4 is 10.0 Å². The number of nitrogens with one attached hydrogen (secondary N) is 1. The molecule has 118 valence electrons. The van der Waals surface area contributed by atoms with E-state index in [0.29, 0.717) is 23.5 Å². The molecular formula is C15H30N2O2S. The van der Waals surface area contributed by atoms with Crippen molar-refractivity contribution in [2.45, 2.75) is 46.0 Å². The monoisotopic (exact) mass is 302 g/mol. The molecule has 1 N–H and O–H groups in total. The Labute approximate surface area is 124 Å². The minimum atomic E-state index is -3.05. The SMILES string of the molecule is CC(C)C1CCCN(S(=O)(=O)CC2CCNCC2)CC1. The maximum absolute atomic E-state index is 12.6. The molecule has 0 saturated carbocycles. The highest BCUT2D eigenvalue weighted by Gasteiger charge is 2.29. The zero-order valence-corrected chi connectivity index (χ0v) is 13.8. The highest BCUT2D eigenvalue weighted by atomic mass is 32.2. The van der Waals surface area contributed by atoms with E-state index in [1.807, 2.05) is 0 Å². The van der Waals surface area contributed by atoms with Crippen LogP contribution in [0.25, 0.3) is 0 Å². The average molecular weight is 302 g/mol. The summed E-state index contributed by atoms with van der Waals surface area (Å²) in [6.07, 6.45) is 5.23. The predicted molar refractivity (Wildman–Crippen MR) is 83.1 cm³/mol. The molecule has 0 aromatic heterocycles.